The minimum Gasteiger partial charge on any atom is -0.497 e. The molecular formula is C17H20N2O6. The van der Waals surface area contributed by atoms with E-state index >= 15 is 0 Å². The molecule has 0 N–H and O–H groups in total. The van der Waals surface area contributed by atoms with Gasteiger partial charge in [-0.15, -0.1) is 0 Å². The van der Waals surface area contributed by atoms with Crippen LogP contribution in [0.25, 0.3) is 0 Å². The van der Waals surface area contributed by atoms with Gasteiger partial charge in [-0.05, 0) is 18.2 Å². The van der Waals surface area contributed by atoms with Crippen molar-refractivity contribution in [2.75, 3.05) is 34.5 Å². The Balaban J connectivity index is 2.18. The minimum atomic E-state index is -0.599. The van der Waals surface area contributed by atoms with Gasteiger partial charge in [0.15, 0.2) is 5.69 Å². The molecule has 0 aliphatic carbocycles. The molecule has 0 atom stereocenters. The number of hydrogen-bond donors (Lipinski definition) is 0. The number of aromatic nitrogens is 1. The number of carbonyl (C=O) groups is 2. The maximum absolute atomic E-state index is 12.8. The zero-order valence-electron chi connectivity index (χ0n) is 14.4. The third-order valence-corrected chi connectivity index (χ3v) is 3.44. The Morgan fingerprint density at radius 2 is 2.04 bits per heavy atom. The molecule has 0 unspecified atom stereocenters. The summed E-state index contributed by atoms with van der Waals surface area (Å²) in [5.41, 5.74) is 0.522. The highest BCUT2D eigenvalue weighted by Gasteiger charge is 2.20. The zero-order chi connectivity index (χ0) is 18.2. The molecule has 0 bridgehead atoms. The molecule has 1 heterocycles. The first-order valence-corrected chi connectivity index (χ1v) is 7.54. The molecule has 8 heteroatoms. The molecule has 0 spiro atoms. The summed E-state index contributed by atoms with van der Waals surface area (Å²) in [6.45, 7) is 0.777. The zero-order valence-corrected chi connectivity index (χ0v) is 14.4. The van der Waals surface area contributed by atoms with Crippen molar-refractivity contribution in [1.29, 1.82) is 0 Å². The Kier molecular flexibility index (Phi) is 6.53. The van der Waals surface area contributed by atoms with Crippen molar-refractivity contribution in [3.8, 4) is 5.75 Å². The first kappa shape index (κ1) is 18.5. The van der Waals surface area contributed by atoms with Crippen LogP contribution in [-0.2, 0) is 16.0 Å². The number of benzene rings is 1. The van der Waals surface area contributed by atoms with Crippen LogP contribution in [0.1, 0.15) is 26.7 Å². The van der Waals surface area contributed by atoms with E-state index in [1.807, 2.05) is 0 Å². The average molecular weight is 348 g/mol. The van der Waals surface area contributed by atoms with Crippen LogP contribution in [0.4, 0.5) is 0 Å². The number of oxazole rings is 1. The summed E-state index contributed by atoms with van der Waals surface area (Å²) >= 11 is 0. The van der Waals surface area contributed by atoms with Crippen LogP contribution in [0, 0.1) is 0 Å². The molecule has 0 radical (unpaired) electrons. The van der Waals surface area contributed by atoms with E-state index in [1.54, 1.807) is 31.4 Å². The summed E-state index contributed by atoms with van der Waals surface area (Å²) in [6.07, 6.45) is 1.20. The van der Waals surface area contributed by atoms with Gasteiger partial charge in [-0.2, -0.15) is 0 Å². The molecule has 1 amide bonds. The van der Waals surface area contributed by atoms with Crippen molar-refractivity contribution in [1.82, 2.24) is 9.88 Å². The molecule has 8 nitrogen and oxygen atoms in total. The summed E-state index contributed by atoms with van der Waals surface area (Å²) in [7, 11) is 4.34. The molecule has 2 aromatic rings. The highest BCUT2D eigenvalue weighted by Crippen LogP contribution is 2.16. The molecule has 0 saturated heterocycles. The molecule has 0 saturated carbocycles. The van der Waals surface area contributed by atoms with Crippen LogP contribution in [0.15, 0.2) is 34.9 Å². The molecule has 1 aromatic heterocycles. The van der Waals surface area contributed by atoms with E-state index in [9.17, 15) is 9.59 Å². The molecule has 0 fully saturated rings. The number of ether oxygens (including phenoxy) is 3. The van der Waals surface area contributed by atoms with Crippen LogP contribution in [-0.4, -0.2) is 56.2 Å². The minimum absolute atomic E-state index is 0.0537. The quantitative estimate of drug-likeness (QED) is 0.671. The largest absolute Gasteiger partial charge is 0.497 e. The summed E-state index contributed by atoms with van der Waals surface area (Å²) < 4.78 is 20.1. The molecular weight excluding hydrogens is 328 g/mol. The normalized spacial score (nSPS) is 10.4. The van der Waals surface area contributed by atoms with E-state index in [-0.39, 0.29) is 24.0 Å². The molecule has 134 valence electrons. The van der Waals surface area contributed by atoms with E-state index in [0.717, 1.165) is 0 Å². The highest BCUT2D eigenvalue weighted by atomic mass is 16.5. The van der Waals surface area contributed by atoms with Crippen molar-refractivity contribution >= 4 is 11.9 Å². The molecule has 2 rings (SSSR count). The van der Waals surface area contributed by atoms with Gasteiger partial charge in [0.25, 0.3) is 5.91 Å². The van der Waals surface area contributed by atoms with Gasteiger partial charge < -0.3 is 23.5 Å². The number of nitrogens with zero attached hydrogens (tertiary/aromatic N) is 2. The molecule has 0 aliphatic rings. The second kappa shape index (κ2) is 8.84. The molecule has 1 aromatic carbocycles. The van der Waals surface area contributed by atoms with Crippen molar-refractivity contribution < 1.29 is 28.2 Å². The Hall–Kier alpha value is -2.87. The van der Waals surface area contributed by atoms with Crippen LogP contribution >= 0.6 is 0 Å². The predicted octanol–water partition coefficient (Wildman–Crippen LogP) is 1.76. The number of amides is 1. The fourth-order valence-corrected chi connectivity index (χ4v) is 2.14. The predicted molar refractivity (Wildman–Crippen MR) is 87.5 cm³/mol. The lowest BCUT2D eigenvalue weighted by Gasteiger charge is -2.21. The number of carbonyl (C=O) groups excluding carboxylic acids is 2. The van der Waals surface area contributed by atoms with Gasteiger partial charge in [-0.1, -0.05) is 6.07 Å². The van der Waals surface area contributed by atoms with Crippen molar-refractivity contribution in [2.24, 2.45) is 0 Å². The molecule has 0 aliphatic heterocycles. The molecule has 25 heavy (non-hydrogen) atoms. The van der Waals surface area contributed by atoms with Crippen LogP contribution < -0.4 is 4.74 Å². The first-order chi connectivity index (χ1) is 12.1. The third kappa shape index (κ3) is 4.80. The van der Waals surface area contributed by atoms with E-state index in [2.05, 4.69) is 9.72 Å². The fraction of sp³-hybridized carbons (Fsp3) is 0.353. The monoisotopic (exact) mass is 348 g/mol. The van der Waals surface area contributed by atoms with Gasteiger partial charge in [0, 0.05) is 19.2 Å². The topological polar surface area (TPSA) is 91.1 Å². The standard InChI is InChI=1S/C17H20N2O6/c1-22-8-7-19(10-15-18-14(11-25-15)17(21)24-3)16(20)12-5-4-6-13(9-12)23-2/h4-6,9,11H,7-8,10H2,1-3H3. The SMILES string of the molecule is COCCN(Cc1nc(C(=O)OC)co1)C(=O)c1cccc(OC)c1. The summed E-state index contributed by atoms with van der Waals surface area (Å²) in [5.74, 6) is -0.0132. The summed E-state index contributed by atoms with van der Waals surface area (Å²) in [6, 6.07) is 6.84. The first-order valence-electron chi connectivity index (χ1n) is 7.54. The Morgan fingerprint density at radius 3 is 2.72 bits per heavy atom. The van der Waals surface area contributed by atoms with Crippen molar-refractivity contribution in [2.45, 2.75) is 6.54 Å². The van der Waals surface area contributed by atoms with Crippen LogP contribution in [0.3, 0.4) is 0 Å². The van der Waals surface area contributed by atoms with Gasteiger partial charge in [0.05, 0.1) is 27.4 Å². The lowest BCUT2D eigenvalue weighted by atomic mass is 10.2. The van der Waals surface area contributed by atoms with Crippen molar-refractivity contribution in [3.63, 3.8) is 0 Å². The van der Waals surface area contributed by atoms with E-state index in [0.29, 0.717) is 24.5 Å². The van der Waals surface area contributed by atoms with Crippen LogP contribution in [0.5, 0.6) is 5.75 Å². The summed E-state index contributed by atoms with van der Waals surface area (Å²) in [4.78, 5) is 29.8. The Morgan fingerprint density at radius 1 is 1.24 bits per heavy atom. The average Bonchev–Trinajstić information content (AvgIpc) is 3.12. The summed E-state index contributed by atoms with van der Waals surface area (Å²) in [5, 5.41) is 0. The van der Waals surface area contributed by atoms with E-state index in [1.165, 1.54) is 25.4 Å². The van der Waals surface area contributed by atoms with Gasteiger partial charge in [-0.25, -0.2) is 9.78 Å². The van der Waals surface area contributed by atoms with Gasteiger partial charge in [0.2, 0.25) is 5.89 Å². The van der Waals surface area contributed by atoms with Gasteiger partial charge in [-0.3, -0.25) is 4.79 Å². The smallest absolute Gasteiger partial charge is 0.360 e. The third-order valence-electron chi connectivity index (χ3n) is 3.44. The van der Waals surface area contributed by atoms with Gasteiger partial charge >= 0.3 is 5.97 Å². The lowest BCUT2D eigenvalue weighted by molar-refractivity contribution is 0.0594. The van der Waals surface area contributed by atoms with E-state index < -0.39 is 5.97 Å². The van der Waals surface area contributed by atoms with Crippen molar-refractivity contribution in [3.05, 3.63) is 47.7 Å². The lowest BCUT2D eigenvalue weighted by Crippen LogP contribution is -2.33. The maximum atomic E-state index is 12.8. The Labute approximate surface area is 145 Å². The maximum Gasteiger partial charge on any atom is 0.360 e. The fourth-order valence-electron chi connectivity index (χ4n) is 2.14. The number of rotatable bonds is 8. The second-order valence-corrected chi connectivity index (χ2v) is 5.07. The van der Waals surface area contributed by atoms with Gasteiger partial charge in [0.1, 0.15) is 12.0 Å². The Bertz CT molecular complexity index is 727. The number of esters is 1. The second-order valence-electron chi connectivity index (χ2n) is 5.07. The number of methoxy groups -OCH3 is 3. The number of hydrogen-bond acceptors (Lipinski definition) is 7. The van der Waals surface area contributed by atoms with Crippen LogP contribution in [0.2, 0.25) is 0 Å². The highest BCUT2D eigenvalue weighted by molar-refractivity contribution is 5.94. The van der Waals surface area contributed by atoms with E-state index in [4.69, 9.17) is 13.9 Å².